The number of carboxylic acids is 1. The minimum absolute atomic E-state index is 0.0197. The smallest absolute Gasteiger partial charge is 0.303 e. The lowest BCUT2D eigenvalue weighted by Gasteiger charge is -2.09. The van der Waals surface area contributed by atoms with Crippen LogP contribution in [-0.4, -0.2) is 29.9 Å². The first-order chi connectivity index (χ1) is 5.07. The van der Waals surface area contributed by atoms with Gasteiger partial charge in [0.2, 0.25) is 0 Å². The van der Waals surface area contributed by atoms with Crippen LogP contribution in [-0.2, 0) is 9.59 Å². The second kappa shape index (κ2) is 4.85. The molecule has 0 aromatic heterocycles. The van der Waals surface area contributed by atoms with Gasteiger partial charge in [-0.2, -0.15) is 0 Å². The van der Waals surface area contributed by atoms with Gasteiger partial charge in [-0.15, -0.1) is 0 Å². The summed E-state index contributed by atoms with van der Waals surface area (Å²) in [4.78, 5) is 20.8. The van der Waals surface area contributed by atoms with Crippen molar-refractivity contribution in [2.75, 3.05) is 7.05 Å². The number of carbonyl (C=O) groups is 2. The van der Waals surface area contributed by atoms with Crippen LogP contribution in [0.3, 0.4) is 0 Å². The lowest BCUT2D eigenvalue weighted by Crippen LogP contribution is -2.32. The Kier molecular flexibility index (Phi) is 4.45. The first-order valence-corrected chi connectivity index (χ1v) is 3.47. The summed E-state index contributed by atoms with van der Waals surface area (Å²) in [5.41, 5.74) is 0. The molecule has 1 unspecified atom stereocenters. The van der Waals surface area contributed by atoms with Crippen molar-refractivity contribution in [3.63, 3.8) is 0 Å². The van der Waals surface area contributed by atoms with E-state index in [2.05, 4.69) is 5.32 Å². The molecule has 0 aliphatic rings. The molecule has 0 aromatic rings. The van der Waals surface area contributed by atoms with Gasteiger partial charge in [0, 0.05) is 6.42 Å². The quantitative estimate of drug-likeness (QED) is 0.594. The molecule has 4 nitrogen and oxygen atoms in total. The lowest BCUT2D eigenvalue weighted by molar-refractivity contribution is -0.137. The van der Waals surface area contributed by atoms with E-state index in [9.17, 15) is 9.59 Å². The molecular weight excluding hydrogens is 146 g/mol. The third-order valence-electron chi connectivity index (χ3n) is 1.49. The average molecular weight is 159 g/mol. The number of carbonyl (C=O) groups excluding carboxylic acids is 1. The summed E-state index contributed by atoms with van der Waals surface area (Å²) in [7, 11) is 1.65. The fourth-order valence-electron chi connectivity index (χ4n) is 0.819. The predicted molar refractivity (Wildman–Crippen MR) is 40.4 cm³/mol. The van der Waals surface area contributed by atoms with Crippen molar-refractivity contribution in [1.29, 1.82) is 0 Å². The molecule has 0 aliphatic heterocycles. The Morgan fingerprint density at radius 3 is 2.36 bits per heavy atom. The van der Waals surface area contributed by atoms with Crippen LogP contribution >= 0.6 is 0 Å². The van der Waals surface area contributed by atoms with E-state index in [1.165, 1.54) is 6.92 Å². The maximum absolute atomic E-state index is 10.7. The summed E-state index contributed by atoms with van der Waals surface area (Å²) in [5, 5.41) is 11.0. The van der Waals surface area contributed by atoms with E-state index in [-0.39, 0.29) is 18.2 Å². The van der Waals surface area contributed by atoms with E-state index < -0.39 is 5.97 Å². The van der Waals surface area contributed by atoms with Gasteiger partial charge in [0.05, 0.1) is 6.04 Å². The highest BCUT2D eigenvalue weighted by atomic mass is 16.4. The van der Waals surface area contributed by atoms with Crippen molar-refractivity contribution in [3.8, 4) is 0 Å². The van der Waals surface area contributed by atoms with E-state index in [0.717, 1.165) is 0 Å². The molecule has 0 aromatic carbocycles. The number of carboxylic acid groups (broad SMARTS) is 1. The number of hydrogen-bond donors (Lipinski definition) is 2. The Bertz CT molecular complexity index is 156. The fourth-order valence-corrected chi connectivity index (χ4v) is 0.819. The Hall–Kier alpha value is -0.900. The molecule has 0 heterocycles. The number of likely N-dealkylation sites (N-methyl/N-ethyl adjacent to an activating group) is 1. The topological polar surface area (TPSA) is 66.4 Å². The summed E-state index contributed by atoms with van der Waals surface area (Å²) in [6, 6.07) is -0.314. The van der Waals surface area contributed by atoms with Gasteiger partial charge in [-0.1, -0.05) is 0 Å². The van der Waals surface area contributed by atoms with Gasteiger partial charge in [-0.05, 0) is 20.4 Å². The van der Waals surface area contributed by atoms with Crippen LogP contribution in [0.5, 0.6) is 0 Å². The van der Waals surface area contributed by atoms with Crippen LogP contribution in [0.15, 0.2) is 0 Å². The Morgan fingerprint density at radius 1 is 1.55 bits per heavy atom. The minimum Gasteiger partial charge on any atom is -0.481 e. The summed E-state index contributed by atoms with van der Waals surface area (Å²) in [5.74, 6) is -0.889. The van der Waals surface area contributed by atoms with E-state index in [4.69, 9.17) is 5.11 Å². The molecule has 0 aliphatic carbocycles. The van der Waals surface area contributed by atoms with Crippen LogP contribution in [0.4, 0.5) is 0 Å². The van der Waals surface area contributed by atoms with Gasteiger partial charge in [-0.3, -0.25) is 9.59 Å². The molecule has 1 atom stereocenters. The summed E-state index contributed by atoms with van der Waals surface area (Å²) in [6.45, 7) is 1.45. The Morgan fingerprint density at radius 2 is 2.09 bits per heavy atom. The van der Waals surface area contributed by atoms with Crippen molar-refractivity contribution in [3.05, 3.63) is 0 Å². The average Bonchev–Trinajstić information content (AvgIpc) is 1.87. The van der Waals surface area contributed by atoms with Gasteiger partial charge in [0.15, 0.2) is 0 Å². The first-order valence-electron chi connectivity index (χ1n) is 3.47. The normalized spacial score (nSPS) is 12.5. The van der Waals surface area contributed by atoms with E-state index >= 15 is 0 Å². The molecule has 0 saturated carbocycles. The SMILES string of the molecule is CNC(CCC(=O)O)C(C)=O. The van der Waals surface area contributed by atoms with Crippen LogP contribution in [0.1, 0.15) is 19.8 Å². The lowest BCUT2D eigenvalue weighted by atomic mass is 10.1. The van der Waals surface area contributed by atoms with Crippen LogP contribution in [0, 0.1) is 0 Å². The molecule has 0 rings (SSSR count). The van der Waals surface area contributed by atoms with Gasteiger partial charge >= 0.3 is 5.97 Å². The third-order valence-corrected chi connectivity index (χ3v) is 1.49. The highest BCUT2D eigenvalue weighted by Crippen LogP contribution is 1.97. The number of ketones is 1. The molecule has 11 heavy (non-hydrogen) atoms. The maximum atomic E-state index is 10.7. The number of nitrogens with one attached hydrogen (secondary N) is 1. The van der Waals surface area contributed by atoms with Crippen molar-refractivity contribution < 1.29 is 14.7 Å². The second-order valence-electron chi connectivity index (χ2n) is 2.38. The van der Waals surface area contributed by atoms with E-state index in [1.54, 1.807) is 7.05 Å². The maximum Gasteiger partial charge on any atom is 0.303 e. The summed E-state index contributed by atoms with van der Waals surface area (Å²) < 4.78 is 0. The standard InChI is InChI=1S/C7H13NO3/c1-5(9)6(8-2)3-4-7(10)11/h6,8H,3-4H2,1-2H3,(H,10,11). The molecule has 0 fully saturated rings. The molecule has 0 radical (unpaired) electrons. The highest BCUT2D eigenvalue weighted by molar-refractivity contribution is 5.82. The largest absolute Gasteiger partial charge is 0.481 e. The monoisotopic (exact) mass is 159 g/mol. The van der Waals surface area contributed by atoms with Gasteiger partial charge in [-0.25, -0.2) is 0 Å². The molecule has 0 bridgehead atoms. The Balaban J connectivity index is 3.70. The predicted octanol–water partition coefficient (Wildman–Crippen LogP) is 0.0282. The van der Waals surface area contributed by atoms with Crippen molar-refractivity contribution >= 4 is 11.8 Å². The molecule has 64 valence electrons. The zero-order valence-corrected chi connectivity index (χ0v) is 6.76. The fraction of sp³-hybridized carbons (Fsp3) is 0.714. The van der Waals surface area contributed by atoms with Crippen molar-refractivity contribution in [2.45, 2.75) is 25.8 Å². The number of rotatable bonds is 5. The van der Waals surface area contributed by atoms with Gasteiger partial charge in [0.1, 0.15) is 5.78 Å². The van der Waals surface area contributed by atoms with Crippen molar-refractivity contribution in [2.24, 2.45) is 0 Å². The van der Waals surface area contributed by atoms with Gasteiger partial charge < -0.3 is 10.4 Å². The minimum atomic E-state index is -0.869. The summed E-state index contributed by atoms with van der Waals surface area (Å²) in [6.07, 6.45) is 0.395. The van der Waals surface area contributed by atoms with E-state index in [0.29, 0.717) is 6.42 Å². The van der Waals surface area contributed by atoms with Crippen LogP contribution in [0.25, 0.3) is 0 Å². The highest BCUT2D eigenvalue weighted by Gasteiger charge is 2.12. The second-order valence-corrected chi connectivity index (χ2v) is 2.38. The van der Waals surface area contributed by atoms with Crippen LogP contribution in [0.2, 0.25) is 0 Å². The summed E-state index contributed by atoms with van der Waals surface area (Å²) >= 11 is 0. The van der Waals surface area contributed by atoms with E-state index in [1.807, 2.05) is 0 Å². The molecule has 0 amide bonds. The molecule has 2 N–H and O–H groups in total. The number of hydrogen-bond acceptors (Lipinski definition) is 3. The zero-order valence-electron chi connectivity index (χ0n) is 6.76. The first kappa shape index (κ1) is 10.1. The third kappa shape index (κ3) is 4.50. The number of aliphatic carboxylic acids is 1. The van der Waals surface area contributed by atoms with Gasteiger partial charge in [0.25, 0.3) is 0 Å². The molecular formula is C7H13NO3. The Labute approximate surface area is 65.6 Å². The molecule has 0 saturated heterocycles. The molecule has 4 heteroatoms. The van der Waals surface area contributed by atoms with Crippen molar-refractivity contribution in [1.82, 2.24) is 5.32 Å². The zero-order chi connectivity index (χ0) is 8.85. The number of Topliss-reactive ketones (excluding diaryl/α,β-unsaturated/α-hetero) is 1. The molecule has 0 spiro atoms. The van der Waals surface area contributed by atoms with Crippen LogP contribution < -0.4 is 5.32 Å².